The summed E-state index contributed by atoms with van der Waals surface area (Å²) < 4.78 is 5.99. The highest BCUT2D eigenvalue weighted by Gasteiger charge is 2.26. The molecule has 2 aromatic carbocycles. The average Bonchev–Trinajstić information content (AvgIpc) is 3.14. The highest BCUT2D eigenvalue weighted by molar-refractivity contribution is 6.30. The van der Waals surface area contributed by atoms with Gasteiger partial charge in [-0.3, -0.25) is 9.59 Å². The quantitative estimate of drug-likeness (QED) is 0.777. The summed E-state index contributed by atoms with van der Waals surface area (Å²) in [6, 6.07) is 14.8. The molecule has 28 heavy (non-hydrogen) atoms. The summed E-state index contributed by atoms with van der Waals surface area (Å²) in [6.07, 6.45) is 3.17. The molecule has 2 aromatic rings. The van der Waals surface area contributed by atoms with E-state index in [1.807, 2.05) is 53.4 Å². The zero-order valence-electron chi connectivity index (χ0n) is 15.6. The molecule has 2 aliphatic heterocycles. The Hall–Kier alpha value is -2.53. The van der Waals surface area contributed by atoms with Crippen LogP contribution in [0.4, 0.5) is 5.69 Å². The molecule has 2 amide bonds. The van der Waals surface area contributed by atoms with E-state index in [0.717, 1.165) is 37.2 Å². The summed E-state index contributed by atoms with van der Waals surface area (Å²) in [5.41, 5.74) is 1.53. The molecule has 0 unspecified atom stereocenters. The lowest BCUT2D eigenvalue weighted by Crippen LogP contribution is -2.41. The number of amides is 2. The third kappa shape index (κ3) is 4.14. The maximum Gasteiger partial charge on any atom is 0.253 e. The smallest absolute Gasteiger partial charge is 0.253 e. The van der Waals surface area contributed by atoms with E-state index in [2.05, 4.69) is 0 Å². The molecule has 0 spiro atoms. The van der Waals surface area contributed by atoms with Crippen molar-refractivity contribution in [2.24, 2.45) is 0 Å². The summed E-state index contributed by atoms with van der Waals surface area (Å²) in [6.45, 7) is 2.08. The van der Waals surface area contributed by atoms with Gasteiger partial charge in [0.15, 0.2) is 0 Å². The lowest BCUT2D eigenvalue weighted by molar-refractivity contribution is -0.117. The number of nitrogens with zero attached hydrogens (tertiary/aromatic N) is 2. The Morgan fingerprint density at radius 1 is 1.04 bits per heavy atom. The number of benzene rings is 2. The van der Waals surface area contributed by atoms with Gasteiger partial charge in [-0.2, -0.15) is 0 Å². The van der Waals surface area contributed by atoms with Crippen LogP contribution in [0.25, 0.3) is 0 Å². The Kier molecular flexibility index (Phi) is 5.53. The van der Waals surface area contributed by atoms with E-state index >= 15 is 0 Å². The molecule has 2 heterocycles. The highest BCUT2D eigenvalue weighted by Crippen LogP contribution is 2.24. The molecule has 0 aliphatic carbocycles. The number of halogens is 1. The zero-order chi connectivity index (χ0) is 19.5. The van der Waals surface area contributed by atoms with Gasteiger partial charge in [-0.05, 0) is 48.9 Å². The van der Waals surface area contributed by atoms with Gasteiger partial charge >= 0.3 is 0 Å². The number of anilines is 1. The second kappa shape index (κ2) is 8.23. The van der Waals surface area contributed by atoms with Crippen LogP contribution in [-0.4, -0.2) is 42.5 Å². The lowest BCUT2D eigenvalue weighted by atomic mass is 10.1. The number of likely N-dealkylation sites (tertiary alicyclic amines) is 1. The summed E-state index contributed by atoms with van der Waals surface area (Å²) in [5, 5.41) is 0.657. The molecule has 2 aliphatic rings. The molecule has 0 aromatic heterocycles. The average molecular weight is 399 g/mol. The monoisotopic (exact) mass is 398 g/mol. The molecule has 5 nitrogen and oxygen atoms in total. The molecular weight excluding hydrogens is 376 g/mol. The fourth-order valence-corrected chi connectivity index (χ4v) is 3.98. The van der Waals surface area contributed by atoms with E-state index in [0.29, 0.717) is 30.1 Å². The van der Waals surface area contributed by atoms with Crippen molar-refractivity contribution in [2.45, 2.75) is 31.8 Å². The van der Waals surface area contributed by atoms with Crippen LogP contribution in [0.2, 0.25) is 5.02 Å². The van der Waals surface area contributed by atoms with Gasteiger partial charge < -0.3 is 14.5 Å². The SMILES string of the molecule is O=C(c1ccc(N2CCCC2=O)cc1)N1CCC(Oc2cccc(Cl)c2)CC1. The molecule has 2 saturated heterocycles. The van der Waals surface area contributed by atoms with Crippen LogP contribution in [0.5, 0.6) is 5.75 Å². The van der Waals surface area contributed by atoms with Gasteiger partial charge in [0.05, 0.1) is 0 Å². The van der Waals surface area contributed by atoms with Crippen molar-refractivity contribution in [3.8, 4) is 5.75 Å². The standard InChI is InChI=1S/C22H23ClN2O3/c23-17-3-1-4-20(15-17)28-19-10-13-24(14-11-19)22(27)16-6-8-18(9-7-16)25-12-2-5-21(25)26/h1,3-4,6-9,15,19H,2,5,10-14H2. The number of carbonyl (C=O) groups is 2. The number of piperidine rings is 1. The van der Waals surface area contributed by atoms with Crippen molar-refractivity contribution in [3.05, 3.63) is 59.1 Å². The van der Waals surface area contributed by atoms with Gasteiger partial charge in [0.25, 0.3) is 5.91 Å². The van der Waals surface area contributed by atoms with E-state index in [-0.39, 0.29) is 17.9 Å². The topological polar surface area (TPSA) is 49.9 Å². The Morgan fingerprint density at radius 3 is 2.43 bits per heavy atom. The largest absolute Gasteiger partial charge is 0.490 e. The third-order valence-corrected chi connectivity index (χ3v) is 5.56. The fourth-order valence-electron chi connectivity index (χ4n) is 3.80. The summed E-state index contributed by atoms with van der Waals surface area (Å²) >= 11 is 6.00. The number of ether oxygens (including phenoxy) is 1. The molecule has 0 bridgehead atoms. The van der Waals surface area contributed by atoms with Crippen LogP contribution in [0, 0.1) is 0 Å². The van der Waals surface area contributed by atoms with Crippen LogP contribution < -0.4 is 9.64 Å². The Bertz CT molecular complexity index is 860. The van der Waals surface area contributed by atoms with Crippen LogP contribution in [0.15, 0.2) is 48.5 Å². The molecule has 0 saturated carbocycles. The minimum atomic E-state index is 0.0282. The molecule has 2 fully saturated rings. The van der Waals surface area contributed by atoms with E-state index in [4.69, 9.17) is 16.3 Å². The van der Waals surface area contributed by atoms with Gasteiger partial charge in [0, 0.05) is 55.2 Å². The lowest BCUT2D eigenvalue weighted by Gasteiger charge is -2.32. The number of rotatable bonds is 4. The van der Waals surface area contributed by atoms with E-state index in [9.17, 15) is 9.59 Å². The van der Waals surface area contributed by atoms with E-state index in [1.54, 1.807) is 4.90 Å². The number of hydrogen-bond donors (Lipinski definition) is 0. The van der Waals surface area contributed by atoms with Gasteiger partial charge in [-0.25, -0.2) is 0 Å². The van der Waals surface area contributed by atoms with Crippen molar-refractivity contribution >= 4 is 29.1 Å². The van der Waals surface area contributed by atoms with E-state index < -0.39 is 0 Å². The second-order valence-electron chi connectivity index (χ2n) is 7.26. The molecule has 146 valence electrons. The third-order valence-electron chi connectivity index (χ3n) is 5.33. The maximum atomic E-state index is 12.8. The maximum absolute atomic E-state index is 12.8. The molecule has 0 atom stereocenters. The summed E-state index contributed by atoms with van der Waals surface area (Å²) in [7, 11) is 0. The molecule has 4 rings (SSSR count). The first kappa shape index (κ1) is 18.8. The van der Waals surface area contributed by atoms with Crippen molar-refractivity contribution in [1.82, 2.24) is 4.90 Å². The molecule has 6 heteroatoms. The van der Waals surface area contributed by atoms with Crippen LogP contribution in [0.1, 0.15) is 36.0 Å². The predicted octanol–water partition coefficient (Wildman–Crippen LogP) is 4.15. The van der Waals surface area contributed by atoms with Gasteiger partial charge in [-0.15, -0.1) is 0 Å². The van der Waals surface area contributed by atoms with Crippen molar-refractivity contribution < 1.29 is 14.3 Å². The first-order valence-corrected chi connectivity index (χ1v) is 10.1. The Morgan fingerprint density at radius 2 is 1.79 bits per heavy atom. The summed E-state index contributed by atoms with van der Waals surface area (Å²) in [4.78, 5) is 28.3. The minimum Gasteiger partial charge on any atom is -0.490 e. The Balaban J connectivity index is 1.33. The first-order valence-electron chi connectivity index (χ1n) is 9.72. The molecular formula is C22H23ClN2O3. The van der Waals surface area contributed by atoms with Crippen molar-refractivity contribution in [3.63, 3.8) is 0 Å². The Labute approximate surface area is 169 Å². The second-order valence-corrected chi connectivity index (χ2v) is 7.70. The molecule has 0 radical (unpaired) electrons. The highest BCUT2D eigenvalue weighted by atomic mass is 35.5. The van der Waals surface area contributed by atoms with Gasteiger partial charge in [0.1, 0.15) is 11.9 Å². The fraction of sp³-hybridized carbons (Fsp3) is 0.364. The van der Waals surface area contributed by atoms with Gasteiger partial charge in [0.2, 0.25) is 5.91 Å². The van der Waals surface area contributed by atoms with Crippen LogP contribution in [0.3, 0.4) is 0 Å². The van der Waals surface area contributed by atoms with E-state index in [1.165, 1.54) is 0 Å². The first-order chi connectivity index (χ1) is 13.6. The van der Waals surface area contributed by atoms with Gasteiger partial charge in [-0.1, -0.05) is 17.7 Å². The van der Waals surface area contributed by atoms with Crippen molar-refractivity contribution in [2.75, 3.05) is 24.5 Å². The predicted molar refractivity (Wildman–Crippen MR) is 109 cm³/mol. The van der Waals surface area contributed by atoms with Crippen LogP contribution in [-0.2, 0) is 4.79 Å². The summed E-state index contributed by atoms with van der Waals surface area (Å²) in [5.74, 6) is 0.950. The zero-order valence-corrected chi connectivity index (χ0v) is 16.4. The van der Waals surface area contributed by atoms with Crippen molar-refractivity contribution in [1.29, 1.82) is 0 Å². The number of hydrogen-bond acceptors (Lipinski definition) is 3. The normalized spacial score (nSPS) is 17.8. The number of carbonyl (C=O) groups excluding carboxylic acids is 2. The molecule has 0 N–H and O–H groups in total. The minimum absolute atomic E-state index is 0.0282. The van der Waals surface area contributed by atoms with Crippen LogP contribution >= 0.6 is 11.6 Å².